The maximum absolute atomic E-state index is 12.4. The molecule has 2 aromatic carbocycles. The molecule has 26 heavy (non-hydrogen) atoms. The largest absolute Gasteiger partial charge is 0.346 e. The molecule has 0 aliphatic rings. The lowest BCUT2D eigenvalue weighted by atomic mass is 10.00. The maximum Gasteiger partial charge on any atom is 0.251 e. The van der Waals surface area contributed by atoms with Gasteiger partial charge in [-0.2, -0.15) is 0 Å². The van der Waals surface area contributed by atoms with Crippen molar-refractivity contribution in [1.29, 1.82) is 0 Å². The fraction of sp³-hybridized carbons (Fsp3) is 0.350. The average Bonchev–Trinajstić information content (AvgIpc) is 2.61. The van der Waals surface area contributed by atoms with Crippen molar-refractivity contribution < 1.29 is 13.2 Å². The van der Waals surface area contributed by atoms with Crippen LogP contribution in [0.25, 0.3) is 0 Å². The van der Waals surface area contributed by atoms with Gasteiger partial charge in [0.15, 0.2) is 0 Å². The highest BCUT2D eigenvalue weighted by Gasteiger charge is 2.14. The molecule has 0 bridgehead atoms. The lowest BCUT2D eigenvalue weighted by molar-refractivity contribution is 0.0940. The summed E-state index contributed by atoms with van der Waals surface area (Å²) >= 11 is 0. The predicted molar refractivity (Wildman–Crippen MR) is 104 cm³/mol. The number of carbonyl (C=O) groups is 1. The Balaban J connectivity index is 2.04. The van der Waals surface area contributed by atoms with Crippen LogP contribution >= 0.6 is 0 Å². The second kappa shape index (κ2) is 8.47. The summed E-state index contributed by atoms with van der Waals surface area (Å²) in [6, 6.07) is 14.0. The SMILES string of the molecule is CNS(=O)(=O)c1ccc(C(=O)NC(C)c2ccc(CC(C)C)cc2)cc1. The quantitative estimate of drug-likeness (QED) is 0.781. The molecule has 0 aromatic heterocycles. The Morgan fingerprint density at radius 2 is 1.54 bits per heavy atom. The molecule has 1 atom stereocenters. The number of benzene rings is 2. The molecule has 5 nitrogen and oxygen atoms in total. The van der Waals surface area contributed by atoms with E-state index in [1.54, 1.807) is 0 Å². The molecule has 0 heterocycles. The lowest BCUT2D eigenvalue weighted by Crippen LogP contribution is -2.26. The van der Waals surface area contributed by atoms with Gasteiger partial charge in [-0.15, -0.1) is 0 Å². The van der Waals surface area contributed by atoms with Crippen molar-refractivity contribution in [2.45, 2.75) is 38.1 Å². The van der Waals surface area contributed by atoms with Gasteiger partial charge < -0.3 is 5.32 Å². The minimum absolute atomic E-state index is 0.130. The van der Waals surface area contributed by atoms with E-state index < -0.39 is 10.0 Å². The van der Waals surface area contributed by atoms with Crippen LogP contribution in [0.5, 0.6) is 0 Å². The minimum atomic E-state index is -3.50. The van der Waals surface area contributed by atoms with Crippen LogP contribution in [0.15, 0.2) is 53.4 Å². The third-order valence-corrected chi connectivity index (χ3v) is 5.60. The minimum Gasteiger partial charge on any atom is -0.346 e. The van der Waals surface area contributed by atoms with Gasteiger partial charge in [-0.25, -0.2) is 13.1 Å². The van der Waals surface area contributed by atoms with Gasteiger partial charge in [0, 0.05) is 5.56 Å². The summed E-state index contributed by atoms with van der Waals surface area (Å²) in [4.78, 5) is 12.5. The van der Waals surface area contributed by atoms with Crippen LogP contribution in [0.1, 0.15) is 48.3 Å². The number of sulfonamides is 1. The van der Waals surface area contributed by atoms with Crippen molar-refractivity contribution in [3.05, 3.63) is 65.2 Å². The fourth-order valence-electron chi connectivity index (χ4n) is 2.68. The zero-order chi connectivity index (χ0) is 19.3. The third-order valence-electron chi connectivity index (χ3n) is 4.17. The molecule has 0 aliphatic carbocycles. The summed E-state index contributed by atoms with van der Waals surface area (Å²) in [7, 11) is -2.15. The third kappa shape index (κ3) is 5.16. The van der Waals surface area contributed by atoms with Gasteiger partial charge >= 0.3 is 0 Å². The Hall–Kier alpha value is -2.18. The van der Waals surface area contributed by atoms with Crippen LogP contribution in [-0.4, -0.2) is 21.4 Å². The van der Waals surface area contributed by atoms with Crippen molar-refractivity contribution >= 4 is 15.9 Å². The highest BCUT2D eigenvalue weighted by molar-refractivity contribution is 7.89. The van der Waals surface area contributed by atoms with E-state index in [9.17, 15) is 13.2 Å². The van der Waals surface area contributed by atoms with Crippen molar-refractivity contribution in [3.8, 4) is 0 Å². The molecule has 2 aromatic rings. The van der Waals surface area contributed by atoms with Crippen molar-refractivity contribution in [2.75, 3.05) is 7.05 Å². The monoisotopic (exact) mass is 374 g/mol. The van der Waals surface area contributed by atoms with Crippen LogP contribution in [0.3, 0.4) is 0 Å². The highest BCUT2D eigenvalue weighted by atomic mass is 32.2. The van der Waals surface area contributed by atoms with E-state index >= 15 is 0 Å². The Morgan fingerprint density at radius 3 is 2.04 bits per heavy atom. The molecular weight excluding hydrogens is 348 g/mol. The molecule has 2 N–H and O–H groups in total. The Labute approximate surface area is 155 Å². The van der Waals surface area contributed by atoms with Gasteiger partial charge in [0.25, 0.3) is 5.91 Å². The number of carbonyl (C=O) groups excluding carboxylic acids is 1. The molecule has 0 spiro atoms. The summed E-state index contributed by atoms with van der Waals surface area (Å²) < 4.78 is 25.7. The molecule has 1 amide bonds. The average molecular weight is 375 g/mol. The fourth-order valence-corrected chi connectivity index (χ4v) is 3.41. The topological polar surface area (TPSA) is 75.3 Å². The molecule has 6 heteroatoms. The van der Waals surface area contributed by atoms with E-state index in [0.29, 0.717) is 11.5 Å². The zero-order valence-corrected chi connectivity index (χ0v) is 16.4. The Kier molecular flexibility index (Phi) is 6.56. The van der Waals surface area contributed by atoms with E-state index in [4.69, 9.17) is 0 Å². The van der Waals surface area contributed by atoms with Gasteiger partial charge in [0.05, 0.1) is 10.9 Å². The number of amides is 1. The van der Waals surface area contributed by atoms with Crippen molar-refractivity contribution in [2.24, 2.45) is 5.92 Å². The standard InChI is InChI=1S/C20H26N2O3S/c1-14(2)13-16-5-7-17(8-6-16)15(3)22-20(23)18-9-11-19(12-10-18)26(24,25)21-4/h5-12,14-15,21H,13H2,1-4H3,(H,22,23). The molecule has 0 fully saturated rings. The van der Waals surface area contributed by atoms with Gasteiger partial charge in [-0.05, 0) is 61.7 Å². The summed E-state index contributed by atoms with van der Waals surface area (Å²) in [5.74, 6) is 0.366. The first-order valence-corrected chi connectivity index (χ1v) is 10.1. The molecule has 140 valence electrons. The maximum atomic E-state index is 12.4. The molecule has 0 saturated carbocycles. The predicted octanol–water partition coefficient (Wildman–Crippen LogP) is 3.28. The van der Waals surface area contributed by atoms with Crippen LogP contribution < -0.4 is 10.0 Å². The number of hydrogen-bond donors (Lipinski definition) is 2. The summed E-state index contributed by atoms with van der Waals surface area (Å²) in [6.45, 7) is 6.29. The molecule has 0 radical (unpaired) electrons. The summed E-state index contributed by atoms with van der Waals surface area (Å²) in [5, 5.41) is 2.94. The van der Waals surface area contributed by atoms with Gasteiger partial charge in [-0.1, -0.05) is 38.1 Å². The van der Waals surface area contributed by atoms with Gasteiger partial charge in [-0.3, -0.25) is 4.79 Å². The number of rotatable bonds is 7. The molecule has 1 unspecified atom stereocenters. The van der Waals surface area contributed by atoms with E-state index in [1.807, 2.05) is 19.1 Å². The van der Waals surface area contributed by atoms with Crippen molar-refractivity contribution in [3.63, 3.8) is 0 Å². The molecule has 0 saturated heterocycles. The van der Waals surface area contributed by atoms with E-state index in [2.05, 4.69) is 36.0 Å². The first kappa shape index (κ1) is 20.1. The molecule has 0 aliphatic heterocycles. The summed E-state index contributed by atoms with van der Waals surface area (Å²) in [5.41, 5.74) is 2.73. The Bertz CT molecular complexity index is 842. The second-order valence-electron chi connectivity index (χ2n) is 6.77. The normalized spacial score (nSPS) is 12.8. The smallest absolute Gasteiger partial charge is 0.251 e. The van der Waals surface area contributed by atoms with Gasteiger partial charge in [0.2, 0.25) is 10.0 Å². The first-order chi connectivity index (χ1) is 12.2. The van der Waals surface area contributed by atoms with E-state index in [1.165, 1.54) is 36.9 Å². The second-order valence-corrected chi connectivity index (χ2v) is 8.65. The molecular formula is C20H26N2O3S. The van der Waals surface area contributed by atoms with Crippen LogP contribution in [0, 0.1) is 5.92 Å². The Morgan fingerprint density at radius 1 is 0.962 bits per heavy atom. The van der Waals surface area contributed by atoms with Crippen LogP contribution in [0.4, 0.5) is 0 Å². The van der Waals surface area contributed by atoms with Crippen LogP contribution in [-0.2, 0) is 16.4 Å². The van der Waals surface area contributed by atoms with Crippen molar-refractivity contribution in [1.82, 2.24) is 10.0 Å². The summed E-state index contributed by atoms with van der Waals surface area (Å²) in [6.07, 6.45) is 1.03. The van der Waals surface area contributed by atoms with E-state index in [0.717, 1.165) is 12.0 Å². The van der Waals surface area contributed by atoms with Crippen LogP contribution in [0.2, 0.25) is 0 Å². The first-order valence-electron chi connectivity index (χ1n) is 8.66. The number of nitrogens with one attached hydrogen (secondary N) is 2. The highest BCUT2D eigenvalue weighted by Crippen LogP contribution is 2.17. The van der Waals surface area contributed by atoms with E-state index in [-0.39, 0.29) is 16.8 Å². The lowest BCUT2D eigenvalue weighted by Gasteiger charge is -2.15. The molecule has 2 rings (SSSR count). The number of hydrogen-bond acceptors (Lipinski definition) is 3. The zero-order valence-electron chi connectivity index (χ0n) is 15.6. The van der Waals surface area contributed by atoms with Gasteiger partial charge in [0.1, 0.15) is 0 Å².